The van der Waals surface area contributed by atoms with Crippen molar-refractivity contribution in [2.75, 3.05) is 0 Å². The number of nitrogens with zero attached hydrogens (tertiary/aromatic N) is 1. The molecule has 1 aromatic carbocycles. The van der Waals surface area contributed by atoms with Crippen molar-refractivity contribution in [3.8, 4) is 0 Å². The van der Waals surface area contributed by atoms with E-state index in [1.165, 1.54) is 25.7 Å². The molecule has 3 nitrogen and oxygen atoms in total. The Kier molecular flexibility index (Phi) is 3.52. The van der Waals surface area contributed by atoms with E-state index in [4.69, 9.17) is 0 Å². The number of hydrogen-bond acceptors (Lipinski definition) is 1. The van der Waals surface area contributed by atoms with Crippen LogP contribution in [0.3, 0.4) is 0 Å². The van der Waals surface area contributed by atoms with E-state index in [0.717, 1.165) is 23.1 Å². The van der Waals surface area contributed by atoms with Gasteiger partial charge >= 0.3 is 5.97 Å². The summed E-state index contributed by atoms with van der Waals surface area (Å²) in [7, 11) is 0. The maximum Gasteiger partial charge on any atom is 0.315 e. The third-order valence-electron chi connectivity index (χ3n) is 4.90. The minimum Gasteiger partial charge on any atom is -0.481 e. The van der Waals surface area contributed by atoms with Gasteiger partial charge in [0.25, 0.3) is 0 Å². The highest BCUT2D eigenvalue weighted by Gasteiger charge is 2.34. The molecule has 0 saturated heterocycles. The molecule has 1 N–H and O–H groups in total. The van der Waals surface area contributed by atoms with Crippen molar-refractivity contribution in [3.63, 3.8) is 0 Å². The summed E-state index contributed by atoms with van der Waals surface area (Å²) in [5.74, 6) is -0.0814. The number of para-hydroxylation sites is 1. The Balaban J connectivity index is 2.11. The molecule has 0 amide bonds. The predicted octanol–water partition coefficient (Wildman–Crippen LogP) is 4.19. The van der Waals surface area contributed by atoms with E-state index >= 15 is 0 Å². The summed E-state index contributed by atoms with van der Waals surface area (Å²) in [4.78, 5) is 11.7. The van der Waals surface area contributed by atoms with Crippen molar-refractivity contribution < 1.29 is 9.90 Å². The fourth-order valence-corrected chi connectivity index (χ4v) is 3.49. The number of carbonyl (C=O) groups is 1. The molecule has 1 heterocycles. The Morgan fingerprint density at radius 3 is 2.62 bits per heavy atom. The van der Waals surface area contributed by atoms with Crippen LogP contribution in [0.1, 0.15) is 45.2 Å². The first-order valence-electron chi connectivity index (χ1n) is 7.82. The first-order chi connectivity index (χ1) is 10.00. The van der Waals surface area contributed by atoms with Crippen LogP contribution in [0.2, 0.25) is 0 Å². The van der Waals surface area contributed by atoms with Crippen LogP contribution in [0, 0.1) is 5.92 Å². The summed E-state index contributed by atoms with van der Waals surface area (Å²) < 4.78 is 2.25. The van der Waals surface area contributed by atoms with Crippen LogP contribution in [0.4, 0.5) is 0 Å². The Bertz CT molecular complexity index is 663. The van der Waals surface area contributed by atoms with E-state index in [1.807, 2.05) is 12.1 Å². The summed E-state index contributed by atoms with van der Waals surface area (Å²) in [6, 6.07) is 10.3. The van der Waals surface area contributed by atoms with Crippen molar-refractivity contribution >= 4 is 16.9 Å². The second-order valence-electron chi connectivity index (χ2n) is 6.78. The molecule has 1 saturated carbocycles. The topological polar surface area (TPSA) is 42.2 Å². The number of carboxylic acid groups (broad SMARTS) is 1. The van der Waals surface area contributed by atoms with Gasteiger partial charge in [-0.15, -0.1) is 0 Å². The lowest BCUT2D eigenvalue weighted by Crippen LogP contribution is -2.31. The quantitative estimate of drug-likeness (QED) is 0.915. The van der Waals surface area contributed by atoms with E-state index in [0.29, 0.717) is 5.92 Å². The third-order valence-corrected chi connectivity index (χ3v) is 4.90. The van der Waals surface area contributed by atoms with Crippen LogP contribution < -0.4 is 0 Å². The van der Waals surface area contributed by atoms with Crippen molar-refractivity contribution in [2.45, 2.75) is 51.5 Å². The van der Waals surface area contributed by atoms with Gasteiger partial charge in [-0.05, 0) is 50.1 Å². The summed E-state index contributed by atoms with van der Waals surface area (Å²) in [6.45, 7) is 4.54. The van der Waals surface area contributed by atoms with E-state index in [1.54, 1.807) is 13.8 Å². The van der Waals surface area contributed by atoms with Gasteiger partial charge in [-0.3, -0.25) is 4.79 Å². The molecule has 0 atom stereocenters. The summed E-state index contributed by atoms with van der Waals surface area (Å²) >= 11 is 0. The first-order valence-corrected chi connectivity index (χ1v) is 7.82. The van der Waals surface area contributed by atoms with Crippen LogP contribution in [0.25, 0.3) is 10.9 Å². The lowest BCUT2D eigenvalue weighted by atomic mass is 9.89. The number of carboxylic acids is 1. The molecule has 2 aromatic rings. The van der Waals surface area contributed by atoms with Gasteiger partial charge in [-0.2, -0.15) is 0 Å². The van der Waals surface area contributed by atoms with Gasteiger partial charge in [-0.25, -0.2) is 0 Å². The smallest absolute Gasteiger partial charge is 0.315 e. The Hall–Kier alpha value is -1.77. The molecule has 0 radical (unpaired) electrons. The van der Waals surface area contributed by atoms with E-state index in [2.05, 4.69) is 22.8 Å². The molecular formula is C18H23NO2. The molecule has 1 aromatic heterocycles. The summed E-state index contributed by atoms with van der Waals surface area (Å²) in [6.07, 6.45) is 5.14. The fraction of sp³-hybridized carbons (Fsp3) is 0.500. The van der Waals surface area contributed by atoms with Crippen LogP contribution in [0.5, 0.6) is 0 Å². The molecule has 21 heavy (non-hydrogen) atoms. The standard InChI is InChI=1S/C18H23NO2/c1-18(2,17(20)21)16-11-14-9-5-6-10-15(14)19(16)12-13-7-3-4-8-13/h5-6,9-11,13H,3-4,7-8,12H2,1-2H3,(H,20,21). The number of aromatic nitrogens is 1. The van der Waals surface area contributed by atoms with Gasteiger partial charge in [-0.1, -0.05) is 31.0 Å². The molecule has 0 unspecified atom stereocenters. The number of benzene rings is 1. The van der Waals surface area contributed by atoms with Crippen molar-refractivity contribution in [1.82, 2.24) is 4.57 Å². The Labute approximate surface area is 125 Å². The third kappa shape index (κ3) is 2.45. The van der Waals surface area contributed by atoms with Gasteiger partial charge < -0.3 is 9.67 Å². The molecule has 3 rings (SSSR count). The molecule has 1 aliphatic rings. The minimum absolute atomic E-state index is 0.684. The minimum atomic E-state index is -0.863. The van der Waals surface area contributed by atoms with Gasteiger partial charge in [0, 0.05) is 17.8 Å². The fourth-order valence-electron chi connectivity index (χ4n) is 3.49. The monoisotopic (exact) mass is 285 g/mol. The largest absolute Gasteiger partial charge is 0.481 e. The summed E-state index contributed by atoms with van der Waals surface area (Å²) in [5, 5.41) is 10.7. The number of rotatable bonds is 4. The Morgan fingerprint density at radius 2 is 1.95 bits per heavy atom. The highest BCUT2D eigenvalue weighted by Crippen LogP contribution is 2.34. The van der Waals surface area contributed by atoms with Gasteiger partial charge in [0.1, 0.15) is 5.41 Å². The highest BCUT2D eigenvalue weighted by molar-refractivity contribution is 5.86. The van der Waals surface area contributed by atoms with Crippen molar-refractivity contribution in [1.29, 1.82) is 0 Å². The second-order valence-corrected chi connectivity index (χ2v) is 6.78. The number of aliphatic carboxylic acids is 1. The molecule has 0 aliphatic heterocycles. The predicted molar refractivity (Wildman–Crippen MR) is 84.6 cm³/mol. The average molecular weight is 285 g/mol. The zero-order valence-electron chi connectivity index (χ0n) is 12.8. The molecule has 0 spiro atoms. The normalized spacial score (nSPS) is 16.7. The zero-order chi connectivity index (χ0) is 15.0. The van der Waals surface area contributed by atoms with Crippen LogP contribution in [-0.2, 0) is 16.8 Å². The van der Waals surface area contributed by atoms with Crippen molar-refractivity contribution in [3.05, 3.63) is 36.0 Å². The molecule has 3 heteroatoms. The zero-order valence-corrected chi connectivity index (χ0v) is 12.8. The number of fused-ring (bicyclic) bond motifs is 1. The molecule has 112 valence electrons. The Morgan fingerprint density at radius 1 is 1.29 bits per heavy atom. The molecule has 1 aliphatic carbocycles. The van der Waals surface area contributed by atoms with E-state index in [-0.39, 0.29) is 0 Å². The SMILES string of the molecule is CC(C)(C(=O)O)c1cc2ccccc2n1CC1CCCC1. The van der Waals surface area contributed by atoms with Gasteiger partial charge in [0.15, 0.2) is 0 Å². The maximum absolute atomic E-state index is 11.7. The second kappa shape index (κ2) is 5.21. The van der Waals surface area contributed by atoms with E-state index in [9.17, 15) is 9.90 Å². The highest BCUT2D eigenvalue weighted by atomic mass is 16.4. The first kappa shape index (κ1) is 14.2. The van der Waals surface area contributed by atoms with Crippen LogP contribution >= 0.6 is 0 Å². The van der Waals surface area contributed by atoms with Gasteiger partial charge in [0.2, 0.25) is 0 Å². The van der Waals surface area contributed by atoms with Crippen LogP contribution in [-0.4, -0.2) is 15.6 Å². The van der Waals surface area contributed by atoms with Gasteiger partial charge in [0.05, 0.1) is 0 Å². The maximum atomic E-state index is 11.7. The summed E-state index contributed by atoms with van der Waals surface area (Å²) in [5.41, 5.74) is 1.22. The lowest BCUT2D eigenvalue weighted by Gasteiger charge is -2.24. The average Bonchev–Trinajstić information content (AvgIpc) is 3.07. The van der Waals surface area contributed by atoms with E-state index < -0.39 is 11.4 Å². The van der Waals surface area contributed by atoms with Crippen LogP contribution in [0.15, 0.2) is 30.3 Å². The lowest BCUT2D eigenvalue weighted by molar-refractivity contribution is -0.142. The molecular weight excluding hydrogens is 262 g/mol. The van der Waals surface area contributed by atoms with Crippen molar-refractivity contribution in [2.24, 2.45) is 5.92 Å². The number of hydrogen-bond donors (Lipinski definition) is 1. The molecule has 1 fully saturated rings. The molecule has 0 bridgehead atoms.